The molecule has 0 aliphatic carbocycles. The van der Waals surface area contributed by atoms with Gasteiger partial charge in [0.05, 0.1) is 12.2 Å². The Kier molecular flexibility index (Phi) is 8.13. The quantitative estimate of drug-likeness (QED) is 0.201. The number of aromatic nitrogens is 4. The summed E-state index contributed by atoms with van der Waals surface area (Å²) >= 11 is -0.0732. The number of halogens is 6. The van der Waals surface area contributed by atoms with Crippen LogP contribution in [-0.2, 0) is 25.8 Å². The number of nitrogens with one attached hydrogen (secondary N) is 1. The fourth-order valence-corrected chi connectivity index (χ4v) is 4.57. The summed E-state index contributed by atoms with van der Waals surface area (Å²) in [5, 5.41) is 3.09. The molecule has 0 saturated heterocycles. The molecule has 3 aromatic heterocycles. The minimum atomic E-state index is -4.61. The normalized spacial score (nSPS) is 14.2. The molecule has 4 heterocycles. The minimum absolute atomic E-state index is 0.0732. The SMILES string of the molecule is CNCc1ccc(-c2cn3c(n2)CN(SC(F)(F)F)CC3)cc1.O=Cc1c(C(F)(F)F)nc2ccccn12. The zero-order valence-electron chi connectivity index (χ0n) is 19.9. The maximum Gasteiger partial charge on any atom is 0.456 e. The van der Waals surface area contributed by atoms with Crippen molar-refractivity contribution in [3.8, 4) is 11.3 Å². The van der Waals surface area contributed by atoms with Crippen LogP contribution in [0, 0.1) is 0 Å². The lowest BCUT2D eigenvalue weighted by Gasteiger charge is -2.26. The Balaban J connectivity index is 0.000000194. The molecule has 0 atom stereocenters. The number of fused-ring (bicyclic) bond motifs is 2. The Morgan fingerprint density at radius 3 is 2.39 bits per heavy atom. The lowest BCUT2D eigenvalue weighted by atomic mass is 10.1. The van der Waals surface area contributed by atoms with Crippen LogP contribution in [0.2, 0.25) is 0 Å². The first-order valence-electron chi connectivity index (χ1n) is 11.3. The second-order valence-electron chi connectivity index (χ2n) is 8.25. The van der Waals surface area contributed by atoms with Crippen molar-refractivity contribution in [2.45, 2.75) is 31.3 Å². The summed E-state index contributed by atoms with van der Waals surface area (Å²) in [5.41, 5.74) is -2.82. The molecule has 38 heavy (non-hydrogen) atoms. The molecule has 1 N–H and O–H groups in total. The van der Waals surface area contributed by atoms with Gasteiger partial charge in [-0.05, 0) is 24.7 Å². The van der Waals surface area contributed by atoms with Gasteiger partial charge in [-0.3, -0.25) is 9.20 Å². The zero-order valence-corrected chi connectivity index (χ0v) is 20.7. The van der Waals surface area contributed by atoms with E-state index in [1.54, 1.807) is 6.07 Å². The molecule has 14 heteroatoms. The van der Waals surface area contributed by atoms with E-state index in [1.165, 1.54) is 28.2 Å². The number of hydrogen-bond acceptors (Lipinski definition) is 6. The molecule has 1 aliphatic heterocycles. The summed E-state index contributed by atoms with van der Waals surface area (Å²) in [7, 11) is 1.89. The van der Waals surface area contributed by atoms with Crippen molar-refractivity contribution in [3.63, 3.8) is 0 Å². The van der Waals surface area contributed by atoms with Crippen LogP contribution in [0.15, 0.2) is 54.9 Å². The third-order valence-corrected chi connectivity index (χ3v) is 6.35. The highest BCUT2D eigenvalue weighted by atomic mass is 32.2. The first-order chi connectivity index (χ1) is 18.0. The highest BCUT2D eigenvalue weighted by molar-refractivity contribution is 7.97. The summed E-state index contributed by atoms with van der Waals surface area (Å²) in [4.78, 5) is 18.5. The smallest absolute Gasteiger partial charge is 0.332 e. The van der Waals surface area contributed by atoms with Crippen molar-refractivity contribution in [2.24, 2.45) is 0 Å². The highest BCUT2D eigenvalue weighted by Crippen LogP contribution is 2.35. The van der Waals surface area contributed by atoms with Crippen molar-refractivity contribution in [1.29, 1.82) is 0 Å². The molecule has 0 fully saturated rings. The zero-order chi connectivity index (χ0) is 27.5. The van der Waals surface area contributed by atoms with Gasteiger partial charge in [-0.2, -0.15) is 26.3 Å². The van der Waals surface area contributed by atoms with Gasteiger partial charge in [-0.25, -0.2) is 14.3 Å². The summed E-state index contributed by atoms with van der Waals surface area (Å²) in [6.45, 7) is 1.86. The maximum absolute atomic E-state index is 12.5. The highest BCUT2D eigenvalue weighted by Gasteiger charge is 2.37. The average Bonchev–Trinajstić information content (AvgIpc) is 3.45. The van der Waals surface area contributed by atoms with Gasteiger partial charge in [-0.15, -0.1) is 0 Å². The molecule has 0 saturated carbocycles. The lowest BCUT2D eigenvalue weighted by Crippen LogP contribution is -2.31. The number of aldehydes is 1. The number of carbonyl (C=O) groups excluding carboxylic acids is 1. The maximum atomic E-state index is 12.5. The van der Waals surface area contributed by atoms with Gasteiger partial charge in [0.1, 0.15) is 17.2 Å². The number of rotatable bonds is 5. The van der Waals surface area contributed by atoms with E-state index in [4.69, 9.17) is 0 Å². The van der Waals surface area contributed by atoms with Crippen molar-refractivity contribution in [3.05, 3.63) is 77.6 Å². The third-order valence-electron chi connectivity index (χ3n) is 5.58. The molecule has 5 rings (SSSR count). The van der Waals surface area contributed by atoms with Crippen LogP contribution < -0.4 is 5.32 Å². The van der Waals surface area contributed by atoms with Crippen molar-refractivity contribution in [1.82, 2.24) is 28.6 Å². The summed E-state index contributed by atoms with van der Waals surface area (Å²) < 4.78 is 79.1. The lowest BCUT2D eigenvalue weighted by molar-refractivity contribution is -0.141. The second kappa shape index (κ2) is 11.2. The Morgan fingerprint density at radius 2 is 1.76 bits per heavy atom. The monoisotopic (exact) mass is 556 g/mol. The van der Waals surface area contributed by atoms with Gasteiger partial charge in [-0.1, -0.05) is 30.3 Å². The van der Waals surface area contributed by atoms with Crippen LogP contribution in [0.5, 0.6) is 0 Å². The second-order valence-corrected chi connectivity index (χ2v) is 9.42. The molecule has 0 radical (unpaired) electrons. The van der Waals surface area contributed by atoms with Crippen molar-refractivity contribution in [2.75, 3.05) is 13.6 Å². The van der Waals surface area contributed by atoms with Gasteiger partial charge in [0.15, 0.2) is 12.0 Å². The van der Waals surface area contributed by atoms with E-state index in [0.717, 1.165) is 22.2 Å². The summed E-state index contributed by atoms with van der Waals surface area (Å²) in [6, 6.07) is 12.5. The molecule has 202 valence electrons. The van der Waals surface area contributed by atoms with E-state index < -0.39 is 23.1 Å². The molecule has 1 aliphatic rings. The largest absolute Gasteiger partial charge is 0.456 e. The molecule has 7 nitrogen and oxygen atoms in total. The molecule has 0 bridgehead atoms. The van der Waals surface area contributed by atoms with E-state index in [1.807, 2.05) is 42.1 Å². The number of imidazole rings is 2. The number of hydrogen-bond donors (Lipinski definition) is 1. The van der Waals surface area contributed by atoms with E-state index in [0.29, 0.717) is 18.9 Å². The summed E-state index contributed by atoms with van der Waals surface area (Å²) in [5.74, 6) is 0.669. The third kappa shape index (κ3) is 6.55. The van der Waals surface area contributed by atoms with Crippen molar-refractivity contribution < 1.29 is 31.1 Å². The molecule has 0 spiro atoms. The van der Waals surface area contributed by atoms with Crippen LogP contribution in [0.4, 0.5) is 26.3 Å². The molecular formula is C24H22F6N6OS. The number of carbonyl (C=O) groups is 1. The van der Waals surface area contributed by atoms with E-state index in [-0.39, 0.29) is 30.4 Å². The molecule has 0 amide bonds. The number of nitrogens with zero attached hydrogens (tertiary/aromatic N) is 5. The van der Waals surface area contributed by atoms with E-state index >= 15 is 0 Å². The van der Waals surface area contributed by atoms with Gasteiger partial charge >= 0.3 is 11.7 Å². The molecular weight excluding hydrogens is 534 g/mol. The Labute approximate surface area is 217 Å². The first-order valence-corrected chi connectivity index (χ1v) is 12.1. The fourth-order valence-electron chi connectivity index (χ4n) is 3.93. The van der Waals surface area contributed by atoms with E-state index in [2.05, 4.69) is 15.3 Å². The molecule has 0 unspecified atom stereocenters. The van der Waals surface area contributed by atoms with Crippen LogP contribution >= 0.6 is 11.9 Å². The van der Waals surface area contributed by atoms with Gasteiger partial charge in [0.2, 0.25) is 0 Å². The molecule has 4 aromatic rings. The van der Waals surface area contributed by atoms with E-state index in [9.17, 15) is 31.1 Å². The minimum Gasteiger partial charge on any atom is -0.332 e. The van der Waals surface area contributed by atoms with Gasteiger partial charge in [0.25, 0.3) is 0 Å². The topological polar surface area (TPSA) is 67.5 Å². The van der Waals surface area contributed by atoms with Crippen LogP contribution in [0.25, 0.3) is 16.9 Å². The van der Waals surface area contributed by atoms with Crippen LogP contribution in [0.3, 0.4) is 0 Å². The Bertz CT molecular complexity index is 1400. The number of alkyl halides is 6. The summed E-state index contributed by atoms with van der Waals surface area (Å²) in [6.07, 6.45) is -1.18. The van der Waals surface area contributed by atoms with Gasteiger partial charge < -0.3 is 9.88 Å². The average molecular weight is 557 g/mol. The number of pyridine rings is 1. The van der Waals surface area contributed by atoms with Gasteiger partial charge in [0, 0.05) is 49.5 Å². The Hall–Kier alpha value is -3.36. The molecule has 1 aromatic carbocycles. The standard InChI is InChI=1S/C15H17F3N4S.C9H5F3N2O/c1-19-8-11-2-4-12(5-3-11)13-9-21-6-7-22(10-14(21)20-13)23-15(16,17)18;10-9(11,12)8-6(5-15)14-4-2-1-3-7(14)13-8/h2-5,9,19H,6-8,10H2,1H3;1-5H. The van der Waals surface area contributed by atoms with Crippen LogP contribution in [-0.4, -0.2) is 48.6 Å². The number of benzene rings is 1. The predicted octanol–water partition coefficient (Wildman–Crippen LogP) is 5.42. The van der Waals surface area contributed by atoms with Crippen LogP contribution in [0.1, 0.15) is 27.6 Å². The fraction of sp³-hybridized carbons (Fsp3) is 0.292. The first kappa shape index (κ1) is 27.7. The predicted molar refractivity (Wildman–Crippen MR) is 130 cm³/mol. The Morgan fingerprint density at radius 1 is 1.03 bits per heavy atom. The van der Waals surface area contributed by atoms with Crippen molar-refractivity contribution >= 4 is 23.9 Å².